The van der Waals surface area contributed by atoms with Crippen molar-refractivity contribution in [2.24, 2.45) is 0 Å². The molecular formula is C11H20O4P+. The number of carbonyl (C=O) groups excluding carboxylic acids is 1. The van der Waals surface area contributed by atoms with Gasteiger partial charge < -0.3 is 4.74 Å². The van der Waals surface area contributed by atoms with Gasteiger partial charge >= 0.3 is 14.0 Å². The minimum atomic E-state index is -1.96. The van der Waals surface area contributed by atoms with Gasteiger partial charge in [-0.3, -0.25) is 0 Å². The zero-order valence-corrected chi connectivity index (χ0v) is 10.5. The third-order valence-corrected chi connectivity index (χ3v) is 2.85. The van der Waals surface area contributed by atoms with Gasteiger partial charge in [0.15, 0.2) is 6.16 Å². The van der Waals surface area contributed by atoms with E-state index in [4.69, 9.17) is 9.63 Å². The van der Waals surface area contributed by atoms with E-state index in [0.29, 0.717) is 12.8 Å². The highest BCUT2D eigenvalue weighted by Gasteiger charge is 2.07. The summed E-state index contributed by atoms with van der Waals surface area (Å²) in [7, 11) is -1.96. The lowest BCUT2D eigenvalue weighted by Crippen LogP contribution is -2.01. The van der Waals surface area contributed by atoms with Crippen LogP contribution in [-0.2, 0) is 14.1 Å². The molecular weight excluding hydrogens is 227 g/mol. The van der Waals surface area contributed by atoms with Gasteiger partial charge in [-0.15, -0.1) is 0 Å². The van der Waals surface area contributed by atoms with Crippen LogP contribution in [0.15, 0.2) is 12.7 Å². The quantitative estimate of drug-likeness (QED) is 0.279. The average Bonchev–Trinajstić information content (AvgIpc) is 2.26. The molecule has 0 bridgehead atoms. The highest BCUT2D eigenvalue weighted by molar-refractivity contribution is 7.37. The standard InChI is InChI=1S/C11H19O4P/c1-2-11(12)15-9-7-5-3-4-6-8-10-16(13)14/h2H,1,3-10H2/p+1. The van der Waals surface area contributed by atoms with Crippen molar-refractivity contribution in [1.29, 1.82) is 0 Å². The summed E-state index contributed by atoms with van der Waals surface area (Å²) in [4.78, 5) is 19.2. The Hall–Kier alpha value is -0.730. The molecule has 1 N–H and O–H groups in total. The third kappa shape index (κ3) is 11.3. The predicted octanol–water partition coefficient (Wildman–Crippen LogP) is 2.79. The van der Waals surface area contributed by atoms with Crippen molar-refractivity contribution < 1.29 is 19.0 Å². The first kappa shape index (κ1) is 15.3. The Bertz CT molecular complexity index is 228. The van der Waals surface area contributed by atoms with Crippen molar-refractivity contribution in [2.75, 3.05) is 12.8 Å². The maximum Gasteiger partial charge on any atom is 0.505 e. The van der Waals surface area contributed by atoms with Crippen LogP contribution in [0.1, 0.15) is 38.5 Å². The van der Waals surface area contributed by atoms with Crippen LogP contribution >= 0.6 is 8.03 Å². The zero-order chi connectivity index (χ0) is 12.2. The third-order valence-electron chi connectivity index (χ3n) is 2.15. The lowest BCUT2D eigenvalue weighted by Gasteiger charge is -2.01. The van der Waals surface area contributed by atoms with Crippen LogP contribution in [0.3, 0.4) is 0 Å². The fourth-order valence-electron chi connectivity index (χ4n) is 1.29. The van der Waals surface area contributed by atoms with E-state index in [0.717, 1.165) is 44.6 Å². The molecule has 0 rings (SSSR count). The molecule has 0 spiro atoms. The van der Waals surface area contributed by atoms with Crippen molar-refractivity contribution in [3.63, 3.8) is 0 Å². The molecule has 0 aromatic carbocycles. The molecule has 16 heavy (non-hydrogen) atoms. The monoisotopic (exact) mass is 247 g/mol. The molecule has 92 valence electrons. The van der Waals surface area contributed by atoms with Gasteiger partial charge in [-0.05, 0) is 23.8 Å². The largest absolute Gasteiger partial charge is 0.505 e. The Morgan fingerprint density at radius 2 is 1.75 bits per heavy atom. The second-order valence-corrected chi connectivity index (χ2v) is 4.72. The number of esters is 1. The number of hydrogen-bond donors (Lipinski definition) is 1. The summed E-state index contributed by atoms with van der Waals surface area (Å²) in [6, 6.07) is 0. The zero-order valence-electron chi connectivity index (χ0n) is 9.56. The average molecular weight is 247 g/mol. The Labute approximate surface area is 97.6 Å². The summed E-state index contributed by atoms with van der Waals surface area (Å²) in [6.07, 6.45) is 7.42. The Morgan fingerprint density at radius 1 is 1.19 bits per heavy atom. The Kier molecular flexibility index (Phi) is 10.3. The fourth-order valence-corrected chi connectivity index (χ4v) is 1.78. The van der Waals surface area contributed by atoms with Crippen LogP contribution in [0, 0.1) is 0 Å². The molecule has 0 saturated heterocycles. The molecule has 0 aliphatic heterocycles. The topological polar surface area (TPSA) is 63.6 Å². The molecule has 0 aromatic heterocycles. The van der Waals surface area contributed by atoms with E-state index in [9.17, 15) is 9.36 Å². The summed E-state index contributed by atoms with van der Waals surface area (Å²) in [5, 5.41) is 0. The van der Waals surface area contributed by atoms with Crippen LogP contribution in [0.5, 0.6) is 0 Å². The molecule has 0 amide bonds. The summed E-state index contributed by atoms with van der Waals surface area (Å²) >= 11 is 0. The van der Waals surface area contributed by atoms with Gasteiger partial charge in [-0.2, -0.15) is 4.89 Å². The highest BCUT2D eigenvalue weighted by Crippen LogP contribution is 2.16. The molecule has 5 heteroatoms. The normalized spacial score (nSPS) is 10.9. The van der Waals surface area contributed by atoms with Crippen molar-refractivity contribution in [3.8, 4) is 0 Å². The fraction of sp³-hybridized carbons (Fsp3) is 0.727. The Morgan fingerprint density at radius 3 is 2.31 bits per heavy atom. The summed E-state index contributed by atoms with van der Waals surface area (Å²) in [5.41, 5.74) is 0. The minimum Gasteiger partial charge on any atom is -0.463 e. The van der Waals surface area contributed by atoms with Crippen LogP contribution < -0.4 is 0 Å². The van der Waals surface area contributed by atoms with Gasteiger partial charge in [0.05, 0.1) is 6.61 Å². The summed E-state index contributed by atoms with van der Waals surface area (Å²) in [5.74, 6) is -0.369. The van der Waals surface area contributed by atoms with Crippen LogP contribution in [0.2, 0.25) is 0 Å². The van der Waals surface area contributed by atoms with Crippen molar-refractivity contribution in [2.45, 2.75) is 38.5 Å². The van der Waals surface area contributed by atoms with E-state index >= 15 is 0 Å². The smallest absolute Gasteiger partial charge is 0.463 e. The van der Waals surface area contributed by atoms with Crippen LogP contribution in [0.25, 0.3) is 0 Å². The molecule has 0 heterocycles. The molecule has 0 aliphatic rings. The molecule has 0 radical (unpaired) electrons. The van der Waals surface area contributed by atoms with E-state index in [1.54, 1.807) is 0 Å². The van der Waals surface area contributed by atoms with Gasteiger partial charge in [-0.25, -0.2) is 4.79 Å². The first-order valence-corrected chi connectivity index (χ1v) is 6.99. The van der Waals surface area contributed by atoms with Crippen molar-refractivity contribution in [3.05, 3.63) is 12.7 Å². The molecule has 0 saturated carbocycles. The van der Waals surface area contributed by atoms with E-state index in [1.807, 2.05) is 0 Å². The van der Waals surface area contributed by atoms with Gasteiger partial charge in [0.1, 0.15) is 0 Å². The molecule has 0 aliphatic carbocycles. The second kappa shape index (κ2) is 10.8. The maximum atomic E-state index is 10.7. The van der Waals surface area contributed by atoms with E-state index in [-0.39, 0.29) is 5.97 Å². The molecule has 4 nitrogen and oxygen atoms in total. The number of hydrogen-bond acceptors (Lipinski definition) is 3. The lowest BCUT2D eigenvalue weighted by atomic mass is 10.1. The first-order valence-electron chi connectivity index (χ1n) is 5.59. The molecule has 1 atom stereocenters. The van der Waals surface area contributed by atoms with Gasteiger partial charge in [0.25, 0.3) is 0 Å². The summed E-state index contributed by atoms with van der Waals surface area (Å²) < 4.78 is 15.2. The summed E-state index contributed by atoms with van der Waals surface area (Å²) in [6.45, 7) is 3.76. The molecule has 1 unspecified atom stereocenters. The van der Waals surface area contributed by atoms with Crippen molar-refractivity contribution in [1.82, 2.24) is 0 Å². The lowest BCUT2D eigenvalue weighted by molar-refractivity contribution is -0.137. The van der Waals surface area contributed by atoms with E-state index < -0.39 is 8.03 Å². The van der Waals surface area contributed by atoms with Crippen molar-refractivity contribution >= 4 is 14.0 Å². The van der Waals surface area contributed by atoms with Crippen LogP contribution in [0.4, 0.5) is 0 Å². The predicted molar refractivity (Wildman–Crippen MR) is 63.6 cm³/mol. The second-order valence-electron chi connectivity index (χ2n) is 3.57. The molecule has 0 aromatic rings. The number of rotatable bonds is 10. The minimum absolute atomic E-state index is 0.369. The van der Waals surface area contributed by atoms with Crippen LogP contribution in [-0.4, -0.2) is 23.6 Å². The van der Waals surface area contributed by atoms with E-state index in [1.165, 1.54) is 0 Å². The number of unbranched alkanes of at least 4 members (excludes halogenated alkanes) is 5. The molecule has 0 fully saturated rings. The number of carbonyl (C=O) groups is 1. The Balaban J connectivity index is 3.07. The maximum absolute atomic E-state index is 10.7. The number of ether oxygens (including phenoxy) is 1. The van der Waals surface area contributed by atoms with Gasteiger partial charge in [-0.1, -0.05) is 25.8 Å². The van der Waals surface area contributed by atoms with E-state index in [2.05, 4.69) is 6.58 Å². The van der Waals surface area contributed by atoms with Gasteiger partial charge in [0, 0.05) is 6.08 Å². The van der Waals surface area contributed by atoms with Gasteiger partial charge in [0.2, 0.25) is 0 Å². The first-order chi connectivity index (χ1) is 7.66. The SMILES string of the molecule is C=CC(=O)OCCCCCCCC[P+](=O)O. The highest BCUT2D eigenvalue weighted by atomic mass is 31.1.